The Labute approximate surface area is 209 Å². The molecule has 1 unspecified atom stereocenters. The molecule has 3 aromatic rings. The van der Waals surface area contributed by atoms with Gasteiger partial charge in [-0.3, -0.25) is 19.2 Å². The highest BCUT2D eigenvalue weighted by Gasteiger charge is 2.44. The van der Waals surface area contributed by atoms with Gasteiger partial charge in [0, 0.05) is 19.0 Å². The number of methoxy groups -OCH3 is 1. The number of hydrogen-bond acceptors (Lipinski definition) is 6. The number of nitrogens with zero attached hydrogens (tertiary/aromatic N) is 2. The molecule has 0 saturated carbocycles. The van der Waals surface area contributed by atoms with Crippen LogP contribution in [0.25, 0.3) is 0 Å². The second-order valence-electron chi connectivity index (χ2n) is 8.34. The summed E-state index contributed by atoms with van der Waals surface area (Å²) in [6, 6.07) is 21.5. The van der Waals surface area contributed by atoms with Gasteiger partial charge in [0.05, 0.1) is 19.2 Å². The van der Waals surface area contributed by atoms with Crippen molar-refractivity contribution < 1.29 is 28.7 Å². The van der Waals surface area contributed by atoms with Gasteiger partial charge in [-0.15, -0.1) is 0 Å². The van der Waals surface area contributed by atoms with Crippen LogP contribution in [0.5, 0.6) is 11.5 Å². The van der Waals surface area contributed by atoms with Gasteiger partial charge in [-0.25, -0.2) is 4.90 Å². The second-order valence-corrected chi connectivity index (χ2v) is 8.34. The van der Waals surface area contributed by atoms with Crippen LogP contribution in [-0.2, 0) is 20.8 Å². The molecule has 8 nitrogen and oxygen atoms in total. The summed E-state index contributed by atoms with van der Waals surface area (Å²) in [5, 5.41) is 0. The molecule has 0 radical (unpaired) electrons. The molecule has 1 aliphatic rings. The van der Waals surface area contributed by atoms with Gasteiger partial charge in [-0.2, -0.15) is 0 Å². The number of benzene rings is 3. The Kier molecular flexibility index (Phi) is 7.44. The van der Waals surface area contributed by atoms with E-state index in [0.717, 1.165) is 10.5 Å². The summed E-state index contributed by atoms with van der Waals surface area (Å²) in [6.07, 6.45) is 0.390. The van der Waals surface area contributed by atoms with Crippen LogP contribution in [0.1, 0.15) is 29.3 Å². The van der Waals surface area contributed by atoms with E-state index in [9.17, 15) is 19.2 Å². The van der Waals surface area contributed by atoms with Crippen LogP contribution in [0.2, 0.25) is 0 Å². The first-order valence-corrected chi connectivity index (χ1v) is 11.5. The molecule has 1 heterocycles. The van der Waals surface area contributed by atoms with E-state index in [4.69, 9.17) is 9.47 Å². The number of anilines is 1. The van der Waals surface area contributed by atoms with Crippen molar-refractivity contribution in [3.05, 3.63) is 90.0 Å². The maximum Gasteiger partial charge on any atom is 0.308 e. The normalized spacial score (nSPS) is 15.1. The maximum atomic E-state index is 13.6. The summed E-state index contributed by atoms with van der Waals surface area (Å²) < 4.78 is 10.3. The van der Waals surface area contributed by atoms with Gasteiger partial charge in [0.15, 0.2) is 0 Å². The zero-order valence-electron chi connectivity index (χ0n) is 20.0. The van der Waals surface area contributed by atoms with Crippen LogP contribution >= 0.6 is 0 Å². The van der Waals surface area contributed by atoms with Crippen molar-refractivity contribution >= 4 is 29.4 Å². The molecule has 0 aromatic heterocycles. The first-order valence-electron chi connectivity index (χ1n) is 11.5. The Morgan fingerprint density at radius 3 is 2.33 bits per heavy atom. The highest BCUT2D eigenvalue weighted by molar-refractivity contribution is 6.23. The van der Waals surface area contributed by atoms with Crippen LogP contribution in [-0.4, -0.2) is 48.3 Å². The largest absolute Gasteiger partial charge is 0.497 e. The fourth-order valence-corrected chi connectivity index (χ4v) is 4.17. The summed E-state index contributed by atoms with van der Waals surface area (Å²) in [5.74, 6) is -0.894. The SMILES string of the molecule is COc1cccc(C(=O)N(CCc2ccccc2)C2CC(=O)N(c3ccc(OC(C)=O)cc3)C2=O)c1. The van der Waals surface area contributed by atoms with Gasteiger partial charge < -0.3 is 14.4 Å². The third kappa shape index (κ3) is 5.43. The molecule has 1 fully saturated rings. The zero-order valence-corrected chi connectivity index (χ0v) is 20.0. The molecule has 0 aliphatic carbocycles. The van der Waals surface area contributed by atoms with Crippen LogP contribution in [0, 0.1) is 0 Å². The van der Waals surface area contributed by atoms with Crippen molar-refractivity contribution in [2.45, 2.75) is 25.8 Å². The van der Waals surface area contributed by atoms with Crippen molar-refractivity contribution in [3.8, 4) is 11.5 Å². The summed E-state index contributed by atoms with van der Waals surface area (Å²) in [4.78, 5) is 53.8. The lowest BCUT2D eigenvalue weighted by Gasteiger charge is -2.28. The molecule has 4 rings (SSSR count). The maximum absolute atomic E-state index is 13.6. The van der Waals surface area contributed by atoms with Crippen LogP contribution in [0.4, 0.5) is 5.69 Å². The Morgan fingerprint density at radius 2 is 1.67 bits per heavy atom. The molecule has 0 bridgehead atoms. The van der Waals surface area contributed by atoms with Crippen LogP contribution in [0.15, 0.2) is 78.9 Å². The van der Waals surface area contributed by atoms with E-state index in [1.807, 2.05) is 30.3 Å². The van der Waals surface area contributed by atoms with Crippen molar-refractivity contribution in [1.29, 1.82) is 0 Å². The second kappa shape index (κ2) is 10.9. The molecular weight excluding hydrogens is 460 g/mol. The van der Waals surface area contributed by atoms with Crippen molar-refractivity contribution in [3.63, 3.8) is 0 Å². The Balaban J connectivity index is 1.61. The molecule has 0 N–H and O–H groups in total. The van der Waals surface area contributed by atoms with Gasteiger partial charge in [-0.1, -0.05) is 36.4 Å². The Hall–Kier alpha value is -4.46. The van der Waals surface area contributed by atoms with E-state index in [-0.39, 0.29) is 18.9 Å². The molecule has 8 heteroatoms. The molecular formula is C28H26N2O6. The number of esters is 1. The molecule has 1 saturated heterocycles. The number of ether oxygens (including phenoxy) is 2. The molecule has 184 valence electrons. The predicted molar refractivity (Wildman–Crippen MR) is 133 cm³/mol. The molecule has 36 heavy (non-hydrogen) atoms. The summed E-state index contributed by atoms with van der Waals surface area (Å²) in [7, 11) is 1.51. The van der Waals surface area contributed by atoms with Crippen LogP contribution < -0.4 is 14.4 Å². The minimum absolute atomic E-state index is 0.130. The van der Waals surface area contributed by atoms with E-state index in [1.165, 1.54) is 43.2 Å². The van der Waals surface area contributed by atoms with Gasteiger partial charge in [0.1, 0.15) is 17.5 Å². The van der Waals surface area contributed by atoms with E-state index in [1.54, 1.807) is 24.3 Å². The number of amides is 3. The highest BCUT2D eigenvalue weighted by Crippen LogP contribution is 2.29. The summed E-state index contributed by atoms with van der Waals surface area (Å²) >= 11 is 0. The lowest BCUT2D eigenvalue weighted by Crippen LogP contribution is -2.46. The Morgan fingerprint density at radius 1 is 0.944 bits per heavy atom. The van der Waals surface area contributed by atoms with Gasteiger partial charge in [0.25, 0.3) is 11.8 Å². The number of carbonyl (C=O) groups is 4. The number of hydrogen-bond donors (Lipinski definition) is 0. The van der Waals surface area contributed by atoms with Crippen molar-refractivity contribution in [2.24, 2.45) is 0 Å². The average Bonchev–Trinajstić information content (AvgIpc) is 3.18. The van der Waals surface area contributed by atoms with E-state index < -0.39 is 23.8 Å². The number of carbonyl (C=O) groups excluding carboxylic acids is 4. The summed E-state index contributed by atoms with van der Waals surface area (Å²) in [5.41, 5.74) is 1.72. The highest BCUT2D eigenvalue weighted by atomic mass is 16.5. The molecule has 1 atom stereocenters. The topological polar surface area (TPSA) is 93.2 Å². The smallest absolute Gasteiger partial charge is 0.308 e. The monoisotopic (exact) mass is 486 g/mol. The lowest BCUT2D eigenvalue weighted by molar-refractivity contribution is -0.132. The Bertz CT molecular complexity index is 1270. The first kappa shape index (κ1) is 24.7. The van der Waals surface area contributed by atoms with Crippen molar-refractivity contribution in [2.75, 3.05) is 18.6 Å². The number of rotatable bonds is 8. The van der Waals surface area contributed by atoms with E-state index in [0.29, 0.717) is 29.2 Å². The lowest BCUT2D eigenvalue weighted by atomic mass is 10.1. The zero-order chi connectivity index (χ0) is 25.7. The average molecular weight is 487 g/mol. The van der Waals surface area contributed by atoms with E-state index in [2.05, 4.69) is 0 Å². The standard InChI is InChI=1S/C28H26N2O6/c1-19(31)36-23-13-11-22(12-14-23)30-26(32)18-25(28(30)34)29(16-15-20-7-4-3-5-8-20)27(33)21-9-6-10-24(17-21)35-2/h3-14,17,25H,15-16,18H2,1-2H3. The molecule has 1 aliphatic heterocycles. The minimum atomic E-state index is -0.951. The number of imide groups is 1. The van der Waals surface area contributed by atoms with E-state index >= 15 is 0 Å². The quantitative estimate of drug-likeness (QED) is 0.274. The molecule has 3 amide bonds. The van der Waals surface area contributed by atoms with Gasteiger partial charge in [-0.05, 0) is 54.4 Å². The summed E-state index contributed by atoms with van der Waals surface area (Å²) in [6.45, 7) is 1.54. The fraction of sp³-hybridized carbons (Fsp3) is 0.214. The van der Waals surface area contributed by atoms with Gasteiger partial charge in [0.2, 0.25) is 5.91 Å². The van der Waals surface area contributed by atoms with Gasteiger partial charge >= 0.3 is 5.97 Å². The van der Waals surface area contributed by atoms with Crippen LogP contribution in [0.3, 0.4) is 0 Å². The third-order valence-electron chi connectivity index (χ3n) is 5.92. The first-order chi connectivity index (χ1) is 17.4. The van der Waals surface area contributed by atoms with Crippen molar-refractivity contribution in [1.82, 2.24) is 4.90 Å². The predicted octanol–water partition coefficient (Wildman–Crippen LogP) is 3.64. The molecule has 0 spiro atoms. The third-order valence-corrected chi connectivity index (χ3v) is 5.92. The fourth-order valence-electron chi connectivity index (χ4n) is 4.17. The molecule has 3 aromatic carbocycles. The minimum Gasteiger partial charge on any atom is -0.497 e.